The number of alkyl halides is 1. The van der Waals surface area contributed by atoms with Crippen LogP contribution >= 0.6 is 0 Å². The summed E-state index contributed by atoms with van der Waals surface area (Å²) in [6, 6.07) is 0. The normalized spacial score (nSPS) is 35.3. The molecule has 0 saturated carbocycles. The van der Waals surface area contributed by atoms with Crippen molar-refractivity contribution in [1.29, 1.82) is 0 Å². The van der Waals surface area contributed by atoms with Crippen LogP contribution in [0.3, 0.4) is 0 Å². The van der Waals surface area contributed by atoms with Crippen LogP contribution in [0.4, 0.5) is 4.39 Å². The van der Waals surface area contributed by atoms with Crippen molar-refractivity contribution in [2.24, 2.45) is 5.92 Å². The van der Waals surface area contributed by atoms with E-state index in [1.165, 1.54) is 12.2 Å². The summed E-state index contributed by atoms with van der Waals surface area (Å²) in [4.78, 5) is 21.9. The maximum Gasteiger partial charge on any atom is 1.00 e. The minimum absolute atomic E-state index is 0. The Labute approximate surface area is 117 Å². The molecule has 5 heteroatoms. The molecule has 0 aromatic heterocycles. The second-order valence-corrected chi connectivity index (χ2v) is 2.81. The van der Waals surface area contributed by atoms with Crippen LogP contribution in [0.25, 0.3) is 0 Å². The Morgan fingerprint density at radius 1 is 1.38 bits per heavy atom. The van der Waals surface area contributed by atoms with E-state index in [2.05, 4.69) is 0 Å². The van der Waals surface area contributed by atoms with Crippen molar-refractivity contribution >= 4 is 11.8 Å². The molecule has 1 heterocycles. The van der Waals surface area contributed by atoms with E-state index in [4.69, 9.17) is 0 Å². The summed E-state index contributed by atoms with van der Waals surface area (Å²) in [6.07, 6.45) is 5.48. The molecule has 1 aliphatic heterocycles. The molecule has 1 saturated heterocycles. The Hall–Kier alpha value is 0.186. The number of hydrogen-bond acceptors (Lipinski definition) is 2. The standard InChI is InChI=1S/C8H6FNO2.K/c9-8-4-2-1-3-5(8)6(11)10-7(8)12;/h1-5H,(H,10,11,12);/q;+1. The summed E-state index contributed by atoms with van der Waals surface area (Å²) < 4.78 is 13.6. The average molecular weight is 206 g/mol. The van der Waals surface area contributed by atoms with Crippen molar-refractivity contribution in [2.75, 3.05) is 0 Å². The minimum atomic E-state index is -2.15. The Morgan fingerprint density at radius 2 is 2.08 bits per heavy atom. The third kappa shape index (κ3) is 1.59. The monoisotopic (exact) mass is 206 g/mol. The van der Waals surface area contributed by atoms with Crippen molar-refractivity contribution in [3.63, 3.8) is 0 Å². The molecule has 62 valence electrons. The molecule has 3 nitrogen and oxygen atoms in total. The molecular weight excluding hydrogens is 200 g/mol. The van der Waals surface area contributed by atoms with Gasteiger partial charge in [-0.1, -0.05) is 18.2 Å². The number of carbonyl (C=O) groups is 2. The first-order chi connectivity index (χ1) is 5.64. The van der Waals surface area contributed by atoms with Gasteiger partial charge in [-0.25, -0.2) is 4.39 Å². The zero-order valence-electron chi connectivity index (χ0n) is 7.08. The smallest absolute Gasteiger partial charge is 0.293 e. The van der Waals surface area contributed by atoms with Gasteiger partial charge in [-0.15, -0.1) is 0 Å². The van der Waals surface area contributed by atoms with Gasteiger partial charge in [-0.3, -0.25) is 14.9 Å². The number of carbonyl (C=O) groups excluding carboxylic acids is 2. The zero-order chi connectivity index (χ0) is 8.77. The SMILES string of the molecule is O=C1NC(=O)C2(F)C=CC=CC12.[K+]. The second-order valence-electron chi connectivity index (χ2n) is 2.81. The van der Waals surface area contributed by atoms with E-state index >= 15 is 0 Å². The van der Waals surface area contributed by atoms with Crippen molar-refractivity contribution < 1.29 is 65.4 Å². The van der Waals surface area contributed by atoms with Crippen molar-refractivity contribution in [3.05, 3.63) is 24.3 Å². The summed E-state index contributed by atoms with van der Waals surface area (Å²) in [5, 5.41) is 1.94. The number of allylic oxidation sites excluding steroid dienone is 2. The van der Waals surface area contributed by atoms with Gasteiger partial charge in [-0.2, -0.15) is 0 Å². The third-order valence-corrected chi connectivity index (χ3v) is 2.07. The Balaban J connectivity index is 0.000000845. The second kappa shape index (κ2) is 3.74. The van der Waals surface area contributed by atoms with Gasteiger partial charge in [-0.05, 0) is 6.08 Å². The summed E-state index contributed by atoms with van der Waals surface area (Å²) in [7, 11) is 0. The first-order valence-electron chi connectivity index (χ1n) is 3.55. The molecule has 2 unspecified atom stereocenters. The molecule has 0 spiro atoms. The van der Waals surface area contributed by atoms with Crippen LogP contribution in [0.15, 0.2) is 24.3 Å². The van der Waals surface area contributed by atoms with Crippen molar-refractivity contribution in [2.45, 2.75) is 5.67 Å². The summed E-state index contributed by atoms with van der Waals surface area (Å²) in [6.45, 7) is 0. The third-order valence-electron chi connectivity index (χ3n) is 2.07. The number of amides is 2. The van der Waals surface area contributed by atoms with Crippen molar-refractivity contribution in [1.82, 2.24) is 5.32 Å². The molecule has 1 aliphatic carbocycles. The van der Waals surface area contributed by atoms with Crippen LogP contribution in [0.5, 0.6) is 0 Å². The van der Waals surface area contributed by atoms with Crippen LogP contribution in [0, 0.1) is 5.92 Å². The first-order valence-corrected chi connectivity index (χ1v) is 3.55. The molecule has 1 N–H and O–H groups in total. The average Bonchev–Trinajstić information content (AvgIpc) is 2.25. The van der Waals surface area contributed by atoms with Crippen LogP contribution in [0.2, 0.25) is 0 Å². The van der Waals surface area contributed by atoms with E-state index in [0.717, 1.165) is 6.08 Å². The molecule has 2 amide bonds. The molecule has 0 radical (unpaired) electrons. The van der Waals surface area contributed by atoms with Crippen molar-refractivity contribution in [3.8, 4) is 0 Å². The molecular formula is C8H6FKNO2+. The van der Waals surface area contributed by atoms with Gasteiger partial charge in [0.1, 0.15) is 5.92 Å². The Kier molecular flexibility index (Phi) is 3.24. The fraction of sp³-hybridized carbons (Fsp3) is 0.250. The topological polar surface area (TPSA) is 46.2 Å². The fourth-order valence-electron chi connectivity index (χ4n) is 1.40. The van der Waals surface area contributed by atoms with Crippen LogP contribution in [-0.2, 0) is 9.59 Å². The fourth-order valence-corrected chi connectivity index (χ4v) is 1.40. The van der Waals surface area contributed by atoms with E-state index in [9.17, 15) is 14.0 Å². The van der Waals surface area contributed by atoms with Crippen LogP contribution in [-0.4, -0.2) is 17.5 Å². The van der Waals surface area contributed by atoms with Gasteiger partial charge in [0.05, 0.1) is 0 Å². The largest absolute Gasteiger partial charge is 1.00 e. The van der Waals surface area contributed by atoms with E-state index < -0.39 is 23.4 Å². The van der Waals surface area contributed by atoms with Gasteiger partial charge in [0.25, 0.3) is 5.91 Å². The summed E-state index contributed by atoms with van der Waals surface area (Å²) >= 11 is 0. The van der Waals surface area contributed by atoms with E-state index in [-0.39, 0.29) is 51.4 Å². The van der Waals surface area contributed by atoms with E-state index in [1.54, 1.807) is 6.08 Å². The number of imide groups is 1. The summed E-state index contributed by atoms with van der Waals surface area (Å²) in [5.74, 6) is -2.41. The number of halogens is 1. The van der Waals surface area contributed by atoms with E-state index in [0.29, 0.717) is 0 Å². The molecule has 0 aromatic carbocycles. The van der Waals surface area contributed by atoms with Gasteiger partial charge in [0.15, 0.2) is 0 Å². The molecule has 1 fully saturated rings. The maximum atomic E-state index is 13.6. The molecule has 0 bridgehead atoms. The van der Waals surface area contributed by atoms with Gasteiger partial charge in [0.2, 0.25) is 11.6 Å². The number of rotatable bonds is 0. The molecule has 13 heavy (non-hydrogen) atoms. The van der Waals surface area contributed by atoms with E-state index in [1.807, 2.05) is 5.32 Å². The predicted octanol–water partition coefficient (Wildman–Crippen LogP) is -2.90. The minimum Gasteiger partial charge on any atom is -0.293 e. The molecule has 2 rings (SSSR count). The summed E-state index contributed by atoms with van der Waals surface area (Å²) in [5.41, 5.74) is -2.15. The van der Waals surface area contributed by atoms with Gasteiger partial charge in [0, 0.05) is 0 Å². The van der Waals surface area contributed by atoms with Crippen LogP contribution in [0.1, 0.15) is 0 Å². The molecule has 2 atom stereocenters. The number of fused-ring (bicyclic) bond motifs is 1. The maximum absolute atomic E-state index is 13.6. The molecule has 0 aromatic rings. The number of nitrogens with one attached hydrogen (secondary N) is 1. The first kappa shape index (κ1) is 11.3. The number of hydrogen-bond donors (Lipinski definition) is 1. The van der Waals surface area contributed by atoms with Gasteiger partial charge >= 0.3 is 51.4 Å². The quantitative estimate of drug-likeness (QED) is 0.341. The van der Waals surface area contributed by atoms with Crippen LogP contribution < -0.4 is 56.7 Å². The zero-order valence-corrected chi connectivity index (χ0v) is 10.2. The van der Waals surface area contributed by atoms with Gasteiger partial charge < -0.3 is 0 Å². The predicted molar refractivity (Wildman–Crippen MR) is 38.8 cm³/mol. The molecule has 2 aliphatic rings. The Morgan fingerprint density at radius 3 is 2.69 bits per heavy atom. The Bertz CT molecular complexity index is 326.